The Labute approximate surface area is 103 Å². The van der Waals surface area contributed by atoms with Crippen molar-refractivity contribution in [2.45, 2.75) is 25.8 Å². The fraction of sp³-hybridized carbons (Fsp3) is 0.500. The van der Waals surface area contributed by atoms with Crippen LogP contribution < -0.4 is 5.32 Å². The third kappa shape index (κ3) is 2.86. The lowest BCUT2D eigenvalue weighted by Crippen LogP contribution is -2.38. The van der Waals surface area contributed by atoms with Gasteiger partial charge in [0.1, 0.15) is 0 Å². The Morgan fingerprint density at radius 2 is 2.24 bits per heavy atom. The van der Waals surface area contributed by atoms with Crippen LogP contribution in [-0.2, 0) is 0 Å². The Hall–Kier alpha value is -1.35. The van der Waals surface area contributed by atoms with Crippen LogP contribution in [0, 0.1) is 6.92 Å². The first-order chi connectivity index (χ1) is 8.18. The second kappa shape index (κ2) is 5.32. The summed E-state index contributed by atoms with van der Waals surface area (Å²) < 4.78 is 0. The molecular weight excluding hydrogens is 212 g/mol. The van der Waals surface area contributed by atoms with Crippen LogP contribution >= 0.6 is 0 Å². The number of likely N-dealkylation sites (tertiary alicyclic amines) is 1. The molecule has 0 saturated carbocycles. The lowest BCUT2D eigenvalue weighted by atomic mass is 10.1. The van der Waals surface area contributed by atoms with E-state index in [2.05, 4.69) is 17.3 Å². The number of nitrogens with zero attached hydrogens (tertiary/aromatic N) is 1. The minimum atomic E-state index is 0.0448. The molecule has 0 spiro atoms. The summed E-state index contributed by atoms with van der Waals surface area (Å²) in [6.07, 6.45) is 2.42. The molecule has 2 rings (SSSR count). The van der Waals surface area contributed by atoms with Gasteiger partial charge in [-0.05, 0) is 45.0 Å². The van der Waals surface area contributed by atoms with Crippen LogP contribution in [-0.4, -0.2) is 37.0 Å². The minimum absolute atomic E-state index is 0.0448. The average molecular weight is 232 g/mol. The van der Waals surface area contributed by atoms with E-state index in [1.54, 1.807) is 0 Å². The van der Waals surface area contributed by atoms with Gasteiger partial charge in [0.2, 0.25) is 0 Å². The van der Waals surface area contributed by atoms with Crippen LogP contribution in [0.15, 0.2) is 24.3 Å². The molecule has 1 aliphatic rings. The van der Waals surface area contributed by atoms with Gasteiger partial charge in [0.25, 0.3) is 5.91 Å². The fourth-order valence-corrected chi connectivity index (χ4v) is 2.37. The topological polar surface area (TPSA) is 32.3 Å². The lowest BCUT2D eigenvalue weighted by molar-refractivity contribution is 0.0943. The molecule has 1 heterocycles. The molecule has 1 unspecified atom stereocenters. The molecule has 92 valence electrons. The summed E-state index contributed by atoms with van der Waals surface area (Å²) in [5.74, 6) is 0.0448. The number of aryl methyl sites for hydroxylation is 1. The molecule has 0 bridgehead atoms. The minimum Gasteiger partial charge on any atom is -0.350 e. The molecule has 17 heavy (non-hydrogen) atoms. The van der Waals surface area contributed by atoms with E-state index in [1.807, 2.05) is 31.2 Å². The van der Waals surface area contributed by atoms with Gasteiger partial charge in [-0.2, -0.15) is 0 Å². The van der Waals surface area contributed by atoms with Gasteiger partial charge in [0, 0.05) is 18.2 Å². The number of benzene rings is 1. The number of hydrogen-bond donors (Lipinski definition) is 1. The van der Waals surface area contributed by atoms with Crippen LogP contribution in [0.25, 0.3) is 0 Å². The van der Waals surface area contributed by atoms with Gasteiger partial charge >= 0.3 is 0 Å². The van der Waals surface area contributed by atoms with Crippen molar-refractivity contribution in [1.29, 1.82) is 0 Å². The maximum atomic E-state index is 12.0. The third-order valence-electron chi connectivity index (χ3n) is 3.56. The highest BCUT2D eigenvalue weighted by molar-refractivity contribution is 5.95. The first kappa shape index (κ1) is 12.1. The number of carbonyl (C=O) groups is 1. The number of carbonyl (C=O) groups excluding carboxylic acids is 1. The van der Waals surface area contributed by atoms with Crippen molar-refractivity contribution in [3.05, 3.63) is 35.4 Å². The van der Waals surface area contributed by atoms with Gasteiger partial charge in [-0.3, -0.25) is 4.79 Å². The zero-order chi connectivity index (χ0) is 12.3. The van der Waals surface area contributed by atoms with Crippen LogP contribution in [0.5, 0.6) is 0 Å². The van der Waals surface area contributed by atoms with E-state index in [1.165, 1.54) is 12.8 Å². The number of hydrogen-bond acceptors (Lipinski definition) is 2. The van der Waals surface area contributed by atoms with E-state index in [4.69, 9.17) is 0 Å². The van der Waals surface area contributed by atoms with E-state index >= 15 is 0 Å². The summed E-state index contributed by atoms with van der Waals surface area (Å²) in [6.45, 7) is 3.87. The van der Waals surface area contributed by atoms with Crippen molar-refractivity contribution in [2.75, 3.05) is 20.1 Å². The van der Waals surface area contributed by atoms with Crippen LogP contribution in [0.2, 0.25) is 0 Å². The molecule has 3 nitrogen and oxygen atoms in total. The van der Waals surface area contributed by atoms with Gasteiger partial charge in [-0.15, -0.1) is 0 Å². The zero-order valence-corrected chi connectivity index (χ0v) is 10.6. The molecule has 1 aromatic carbocycles. The Morgan fingerprint density at radius 1 is 1.47 bits per heavy atom. The molecule has 1 N–H and O–H groups in total. The normalized spacial score (nSPS) is 20.5. The largest absolute Gasteiger partial charge is 0.350 e. The Balaban J connectivity index is 1.91. The summed E-state index contributed by atoms with van der Waals surface area (Å²) in [5, 5.41) is 3.03. The van der Waals surface area contributed by atoms with Gasteiger partial charge in [-0.1, -0.05) is 18.2 Å². The number of amides is 1. The van der Waals surface area contributed by atoms with Crippen LogP contribution in [0.4, 0.5) is 0 Å². The standard InChI is InChI=1S/C14H20N2O/c1-11-6-3-4-8-13(11)14(17)15-10-12-7-5-9-16(12)2/h3-4,6,8,12H,5,7,9-10H2,1-2H3,(H,15,17). The van der Waals surface area contributed by atoms with E-state index in [-0.39, 0.29) is 5.91 Å². The van der Waals surface area contributed by atoms with Gasteiger partial charge < -0.3 is 10.2 Å². The zero-order valence-electron chi connectivity index (χ0n) is 10.6. The van der Waals surface area contributed by atoms with E-state index in [9.17, 15) is 4.79 Å². The first-order valence-corrected chi connectivity index (χ1v) is 6.22. The predicted molar refractivity (Wildman–Crippen MR) is 69.2 cm³/mol. The monoisotopic (exact) mass is 232 g/mol. The van der Waals surface area contributed by atoms with Crippen LogP contribution in [0.3, 0.4) is 0 Å². The smallest absolute Gasteiger partial charge is 0.251 e. The van der Waals surface area contributed by atoms with Crippen molar-refractivity contribution in [3.8, 4) is 0 Å². The Morgan fingerprint density at radius 3 is 2.88 bits per heavy atom. The number of rotatable bonds is 3. The second-order valence-electron chi connectivity index (χ2n) is 4.80. The van der Waals surface area contributed by atoms with E-state index in [0.717, 1.165) is 24.2 Å². The Kier molecular flexibility index (Phi) is 3.79. The molecule has 1 atom stereocenters. The van der Waals surface area contributed by atoms with Crippen molar-refractivity contribution in [2.24, 2.45) is 0 Å². The molecule has 0 radical (unpaired) electrons. The van der Waals surface area contributed by atoms with E-state index in [0.29, 0.717) is 6.04 Å². The highest BCUT2D eigenvalue weighted by atomic mass is 16.1. The lowest BCUT2D eigenvalue weighted by Gasteiger charge is -2.19. The molecular formula is C14H20N2O. The summed E-state index contributed by atoms with van der Waals surface area (Å²) in [6, 6.07) is 8.21. The summed E-state index contributed by atoms with van der Waals surface area (Å²) in [7, 11) is 2.12. The highest BCUT2D eigenvalue weighted by Gasteiger charge is 2.21. The molecule has 0 aliphatic carbocycles. The van der Waals surface area contributed by atoms with E-state index < -0.39 is 0 Å². The maximum absolute atomic E-state index is 12.0. The van der Waals surface area contributed by atoms with Crippen molar-refractivity contribution in [3.63, 3.8) is 0 Å². The first-order valence-electron chi connectivity index (χ1n) is 6.22. The SMILES string of the molecule is Cc1ccccc1C(=O)NCC1CCCN1C. The molecule has 0 aromatic heterocycles. The molecule has 1 aliphatic heterocycles. The van der Waals surface area contributed by atoms with Crippen molar-refractivity contribution in [1.82, 2.24) is 10.2 Å². The molecule has 1 amide bonds. The van der Waals surface area contributed by atoms with Crippen LogP contribution in [0.1, 0.15) is 28.8 Å². The maximum Gasteiger partial charge on any atom is 0.251 e. The van der Waals surface area contributed by atoms with Gasteiger partial charge in [0.05, 0.1) is 0 Å². The predicted octanol–water partition coefficient (Wildman–Crippen LogP) is 1.82. The Bertz CT molecular complexity index is 403. The molecule has 1 saturated heterocycles. The van der Waals surface area contributed by atoms with Crippen molar-refractivity contribution >= 4 is 5.91 Å². The molecule has 1 aromatic rings. The molecule has 1 fully saturated rings. The third-order valence-corrected chi connectivity index (χ3v) is 3.56. The summed E-state index contributed by atoms with van der Waals surface area (Å²) in [5.41, 5.74) is 1.82. The molecule has 3 heteroatoms. The number of likely N-dealkylation sites (N-methyl/N-ethyl adjacent to an activating group) is 1. The average Bonchev–Trinajstić information content (AvgIpc) is 2.72. The summed E-state index contributed by atoms with van der Waals surface area (Å²) in [4.78, 5) is 14.3. The fourth-order valence-electron chi connectivity index (χ4n) is 2.37. The van der Waals surface area contributed by atoms with Gasteiger partial charge in [0.15, 0.2) is 0 Å². The number of nitrogens with one attached hydrogen (secondary N) is 1. The summed E-state index contributed by atoms with van der Waals surface area (Å²) >= 11 is 0. The quantitative estimate of drug-likeness (QED) is 0.862. The van der Waals surface area contributed by atoms with Crippen molar-refractivity contribution < 1.29 is 4.79 Å². The second-order valence-corrected chi connectivity index (χ2v) is 4.80. The van der Waals surface area contributed by atoms with Gasteiger partial charge in [-0.25, -0.2) is 0 Å². The highest BCUT2D eigenvalue weighted by Crippen LogP contribution is 2.14.